The summed E-state index contributed by atoms with van der Waals surface area (Å²) < 4.78 is 43.2. The first kappa shape index (κ1) is 14.4. The number of benzene rings is 1. The number of carbonyl (C=O) groups is 1. The van der Waals surface area contributed by atoms with Crippen molar-refractivity contribution in [2.24, 2.45) is 5.73 Å². The minimum Gasteiger partial charge on any atom is -0.423 e. The number of nitrogens with one attached hydrogen (secondary N) is 1. The molecule has 9 heteroatoms. The molecule has 0 spiro atoms. The number of carbonyl (C=O) groups excluding carboxylic acids is 1. The predicted molar refractivity (Wildman–Crippen MR) is 66.3 cm³/mol. The van der Waals surface area contributed by atoms with Crippen LogP contribution in [0, 0.1) is 0 Å². The molecule has 0 aliphatic rings. The number of amides is 1. The monoisotopic (exact) mass is 307 g/mol. The minimum atomic E-state index is -4.58. The van der Waals surface area contributed by atoms with E-state index in [0.717, 1.165) is 12.1 Å². The molecule has 1 amide bonds. The van der Waals surface area contributed by atoms with Gasteiger partial charge in [-0.15, -0.1) is 0 Å². The van der Waals surface area contributed by atoms with Crippen LogP contribution in [0.5, 0.6) is 0 Å². The second-order valence-electron chi connectivity index (χ2n) is 4.08. The molecule has 1 aromatic heterocycles. The number of rotatable bonds is 3. The zero-order chi connectivity index (χ0) is 15.1. The lowest BCUT2D eigenvalue weighted by Crippen LogP contribution is -2.32. The van der Waals surface area contributed by atoms with Crippen LogP contribution in [-0.4, -0.2) is 16.9 Å². The third-order valence-electron chi connectivity index (χ3n) is 2.55. The summed E-state index contributed by atoms with van der Waals surface area (Å²) in [5, 5.41) is 2.04. The van der Waals surface area contributed by atoms with Crippen LogP contribution in [0.1, 0.15) is 12.5 Å². The molecular weight excluding hydrogens is 299 g/mol. The van der Waals surface area contributed by atoms with Crippen molar-refractivity contribution in [2.75, 3.05) is 5.32 Å². The molecule has 20 heavy (non-hydrogen) atoms. The van der Waals surface area contributed by atoms with E-state index in [4.69, 9.17) is 21.8 Å². The van der Waals surface area contributed by atoms with Crippen molar-refractivity contribution in [3.8, 4) is 0 Å². The lowest BCUT2D eigenvalue weighted by Gasteiger charge is -2.07. The fourth-order valence-electron chi connectivity index (χ4n) is 1.48. The van der Waals surface area contributed by atoms with Gasteiger partial charge < -0.3 is 15.5 Å². The number of nitrogens with two attached hydrogens (primary N) is 1. The number of hydrogen-bond acceptors (Lipinski definition) is 4. The van der Waals surface area contributed by atoms with Crippen molar-refractivity contribution < 1.29 is 22.4 Å². The smallest absolute Gasteiger partial charge is 0.417 e. The van der Waals surface area contributed by atoms with Gasteiger partial charge in [-0.1, -0.05) is 11.6 Å². The summed E-state index contributed by atoms with van der Waals surface area (Å²) in [6.45, 7) is 1.46. The molecule has 2 aromatic rings. The summed E-state index contributed by atoms with van der Waals surface area (Å²) in [6.07, 6.45) is -4.58. The number of hydrogen-bond donors (Lipinski definition) is 2. The maximum absolute atomic E-state index is 12.7. The van der Waals surface area contributed by atoms with Crippen LogP contribution in [0.3, 0.4) is 0 Å². The minimum absolute atomic E-state index is 0.0269. The molecule has 1 atom stereocenters. The van der Waals surface area contributed by atoms with E-state index in [1.165, 1.54) is 6.92 Å². The molecule has 0 radical (unpaired) electrons. The van der Waals surface area contributed by atoms with Gasteiger partial charge in [0.15, 0.2) is 5.58 Å². The third kappa shape index (κ3) is 2.79. The second-order valence-corrected chi connectivity index (χ2v) is 4.49. The Morgan fingerprint density at radius 3 is 2.70 bits per heavy atom. The van der Waals surface area contributed by atoms with Gasteiger partial charge >= 0.3 is 6.18 Å². The first-order valence-corrected chi connectivity index (χ1v) is 5.79. The number of anilines is 1. The maximum Gasteiger partial charge on any atom is 0.417 e. The normalized spacial score (nSPS) is 13.4. The molecule has 1 heterocycles. The van der Waals surface area contributed by atoms with E-state index in [1.807, 2.05) is 0 Å². The van der Waals surface area contributed by atoms with Gasteiger partial charge in [0.25, 0.3) is 6.01 Å². The summed E-state index contributed by atoms with van der Waals surface area (Å²) in [6, 6.07) is 0.913. The zero-order valence-corrected chi connectivity index (χ0v) is 10.8. The summed E-state index contributed by atoms with van der Waals surface area (Å²) in [7, 11) is 0. The second kappa shape index (κ2) is 4.86. The molecule has 0 aliphatic heterocycles. The Kier molecular flexibility index (Phi) is 3.51. The number of fused-ring (bicyclic) bond motifs is 1. The third-order valence-corrected chi connectivity index (χ3v) is 2.86. The summed E-state index contributed by atoms with van der Waals surface area (Å²) >= 11 is 5.55. The highest BCUT2D eigenvalue weighted by molar-refractivity contribution is 6.32. The number of halogens is 4. The Morgan fingerprint density at radius 2 is 2.15 bits per heavy atom. The molecule has 5 nitrogen and oxygen atoms in total. The largest absolute Gasteiger partial charge is 0.423 e. The molecule has 0 unspecified atom stereocenters. The van der Waals surface area contributed by atoms with Crippen LogP contribution in [-0.2, 0) is 11.0 Å². The fraction of sp³-hybridized carbons (Fsp3) is 0.273. The van der Waals surface area contributed by atoms with Crippen LogP contribution in [0.15, 0.2) is 16.5 Å². The van der Waals surface area contributed by atoms with Crippen molar-refractivity contribution in [1.82, 2.24) is 4.98 Å². The van der Waals surface area contributed by atoms with Crippen LogP contribution in [0.4, 0.5) is 19.2 Å². The fourth-order valence-corrected chi connectivity index (χ4v) is 1.75. The number of primary amides is 1. The van der Waals surface area contributed by atoms with E-state index >= 15 is 0 Å². The Morgan fingerprint density at radius 1 is 1.50 bits per heavy atom. The highest BCUT2D eigenvalue weighted by atomic mass is 35.5. The quantitative estimate of drug-likeness (QED) is 0.913. The van der Waals surface area contributed by atoms with Gasteiger partial charge in [-0.2, -0.15) is 18.2 Å². The van der Waals surface area contributed by atoms with E-state index < -0.39 is 28.7 Å². The van der Waals surface area contributed by atoms with Gasteiger partial charge in [0.05, 0.1) is 10.6 Å². The van der Waals surface area contributed by atoms with Gasteiger partial charge in [-0.3, -0.25) is 4.79 Å². The van der Waals surface area contributed by atoms with Crippen molar-refractivity contribution in [1.29, 1.82) is 0 Å². The van der Waals surface area contributed by atoms with E-state index in [-0.39, 0.29) is 17.1 Å². The van der Waals surface area contributed by atoms with Gasteiger partial charge in [-0.05, 0) is 13.0 Å². The molecule has 3 N–H and O–H groups in total. The van der Waals surface area contributed by atoms with Crippen molar-refractivity contribution >= 4 is 34.6 Å². The zero-order valence-electron chi connectivity index (χ0n) is 10.1. The number of nitrogens with zero attached hydrogens (tertiary/aromatic N) is 1. The van der Waals surface area contributed by atoms with Crippen LogP contribution >= 0.6 is 11.6 Å². The molecular formula is C11H9ClF3N3O2. The first-order chi connectivity index (χ1) is 9.18. The SMILES string of the molecule is C[C@H](Nc1nc2cc(C(F)(F)F)c(Cl)cc2o1)C(N)=O. The summed E-state index contributed by atoms with van der Waals surface area (Å²) in [4.78, 5) is 14.7. The summed E-state index contributed by atoms with van der Waals surface area (Å²) in [5.74, 6) is -0.652. The standard InChI is InChI=1S/C11H9ClF3N3O2/c1-4(9(16)19)17-10-18-7-2-5(11(13,14)15)6(12)3-8(7)20-10/h2-4H,1H3,(H2,16,19)(H,17,18)/t4-/m0/s1. The molecule has 0 fully saturated rings. The van der Waals surface area contributed by atoms with Crippen LogP contribution in [0.25, 0.3) is 11.1 Å². The maximum atomic E-state index is 12.7. The Hall–Kier alpha value is -1.96. The topological polar surface area (TPSA) is 81.2 Å². The average molecular weight is 308 g/mol. The van der Waals surface area contributed by atoms with E-state index in [0.29, 0.717) is 0 Å². The van der Waals surface area contributed by atoms with E-state index in [2.05, 4.69) is 10.3 Å². The Bertz CT molecular complexity index is 669. The van der Waals surface area contributed by atoms with Gasteiger partial charge in [0.2, 0.25) is 5.91 Å². The molecule has 1 aromatic carbocycles. The van der Waals surface area contributed by atoms with E-state index in [1.54, 1.807) is 0 Å². The van der Waals surface area contributed by atoms with Gasteiger partial charge in [0, 0.05) is 6.07 Å². The highest BCUT2D eigenvalue weighted by Crippen LogP contribution is 2.37. The molecule has 0 saturated heterocycles. The van der Waals surface area contributed by atoms with Crippen LogP contribution in [0.2, 0.25) is 5.02 Å². The lowest BCUT2D eigenvalue weighted by atomic mass is 10.2. The number of aromatic nitrogens is 1. The van der Waals surface area contributed by atoms with Crippen molar-refractivity contribution in [3.63, 3.8) is 0 Å². The molecule has 0 aliphatic carbocycles. The van der Waals surface area contributed by atoms with Crippen molar-refractivity contribution in [3.05, 3.63) is 22.7 Å². The van der Waals surface area contributed by atoms with E-state index in [9.17, 15) is 18.0 Å². The molecule has 0 saturated carbocycles. The predicted octanol–water partition coefficient (Wildman–Crippen LogP) is 2.79. The summed E-state index contributed by atoms with van der Waals surface area (Å²) in [5.41, 5.74) is 4.08. The number of oxazole rings is 1. The highest BCUT2D eigenvalue weighted by Gasteiger charge is 2.34. The Balaban J connectivity index is 2.42. The Labute approximate surface area is 115 Å². The first-order valence-electron chi connectivity index (χ1n) is 5.41. The number of alkyl halides is 3. The van der Waals surface area contributed by atoms with Crippen LogP contribution < -0.4 is 11.1 Å². The lowest BCUT2D eigenvalue weighted by molar-refractivity contribution is -0.137. The average Bonchev–Trinajstić information content (AvgIpc) is 2.67. The molecule has 108 valence electrons. The van der Waals surface area contributed by atoms with Crippen molar-refractivity contribution in [2.45, 2.75) is 19.1 Å². The molecule has 0 bridgehead atoms. The van der Waals surface area contributed by atoms with Gasteiger partial charge in [0.1, 0.15) is 11.6 Å². The molecule has 2 rings (SSSR count). The van der Waals surface area contributed by atoms with Gasteiger partial charge in [-0.25, -0.2) is 0 Å².